The average Bonchev–Trinajstić information content (AvgIpc) is 2.34. The zero-order valence-corrected chi connectivity index (χ0v) is 12.7. The molecule has 18 heavy (non-hydrogen) atoms. The number of hydrogen-bond donors (Lipinski definition) is 0. The second kappa shape index (κ2) is 7.08. The average molecular weight is 299 g/mol. The van der Waals surface area contributed by atoms with Crippen LogP contribution in [0.1, 0.15) is 39.5 Å². The maximum absolute atomic E-state index is 11.3. The Morgan fingerprint density at radius 1 is 1.28 bits per heavy atom. The SMILES string of the molecule is CCC(CC)(COC1CCOCC1)CS(=O)(=O)Cl. The van der Waals surface area contributed by atoms with Crippen molar-refractivity contribution in [3.8, 4) is 0 Å². The largest absolute Gasteiger partial charge is 0.381 e. The minimum atomic E-state index is -3.49. The third-order valence-electron chi connectivity index (χ3n) is 3.77. The Hall–Kier alpha value is 0.160. The van der Waals surface area contributed by atoms with Crippen LogP contribution in [0.5, 0.6) is 0 Å². The summed E-state index contributed by atoms with van der Waals surface area (Å²) in [6.45, 7) is 5.88. The molecule has 0 saturated carbocycles. The highest BCUT2D eigenvalue weighted by Gasteiger charge is 2.33. The van der Waals surface area contributed by atoms with Gasteiger partial charge in [-0.05, 0) is 25.7 Å². The van der Waals surface area contributed by atoms with E-state index in [2.05, 4.69) is 0 Å². The lowest BCUT2D eigenvalue weighted by Gasteiger charge is -2.33. The molecule has 0 bridgehead atoms. The van der Waals surface area contributed by atoms with Crippen molar-refractivity contribution in [2.75, 3.05) is 25.6 Å². The van der Waals surface area contributed by atoms with Crippen LogP contribution in [0.3, 0.4) is 0 Å². The number of ether oxygens (including phenoxy) is 2. The molecule has 0 radical (unpaired) electrons. The predicted molar refractivity (Wildman–Crippen MR) is 72.4 cm³/mol. The van der Waals surface area contributed by atoms with E-state index < -0.39 is 9.05 Å². The first-order chi connectivity index (χ1) is 8.41. The van der Waals surface area contributed by atoms with E-state index in [1.165, 1.54) is 0 Å². The molecule has 0 aromatic rings. The van der Waals surface area contributed by atoms with Crippen molar-refractivity contribution in [2.45, 2.75) is 45.6 Å². The Morgan fingerprint density at radius 2 is 1.83 bits per heavy atom. The van der Waals surface area contributed by atoms with Gasteiger partial charge in [-0.25, -0.2) is 8.42 Å². The Bertz CT molecular complexity index is 332. The predicted octanol–water partition coefficient (Wildman–Crippen LogP) is 2.56. The number of halogens is 1. The van der Waals surface area contributed by atoms with Crippen molar-refractivity contribution in [1.29, 1.82) is 0 Å². The van der Waals surface area contributed by atoms with E-state index in [4.69, 9.17) is 20.2 Å². The van der Waals surface area contributed by atoms with Crippen molar-refractivity contribution in [2.24, 2.45) is 5.41 Å². The van der Waals surface area contributed by atoms with Crippen LogP contribution in [0.2, 0.25) is 0 Å². The molecule has 0 atom stereocenters. The second-order valence-electron chi connectivity index (χ2n) is 5.01. The molecule has 1 heterocycles. The van der Waals surface area contributed by atoms with Crippen LogP contribution < -0.4 is 0 Å². The molecule has 1 aliphatic rings. The summed E-state index contributed by atoms with van der Waals surface area (Å²) < 4.78 is 33.8. The lowest BCUT2D eigenvalue weighted by Crippen LogP contribution is -2.35. The molecule has 0 N–H and O–H groups in total. The van der Waals surface area contributed by atoms with Gasteiger partial charge in [0, 0.05) is 29.3 Å². The molecular weight excluding hydrogens is 276 g/mol. The molecule has 0 spiro atoms. The maximum Gasteiger partial charge on any atom is 0.233 e. The molecule has 0 aromatic heterocycles. The lowest BCUT2D eigenvalue weighted by atomic mass is 9.85. The van der Waals surface area contributed by atoms with Crippen molar-refractivity contribution in [3.63, 3.8) is 0 Å². The fraction of sp³-hybridized carbons (Fsp3) is 1.00. The fourth-order valence-corrected chi connectivity index (χ4v) is 4.12. The molecule has 1 saturated heterocycles. The first-order valence-corrected chi connectivity index (χ1v) is 9.00. The Morgan fingerprint density at radius 3 is 2.28 bits per heavy atom. The van der Waals surface area contributed by atoms with Gasteiger partial charge in [-0.15, -0.1) is 0 Å². The van der Waals surface area contributed by atoms with E-state index in [-0.39, 0.29) is 17.3 Å². The molecule has 1 rings (SSSR count). The molecular formula is C12H23ClO4S. The van der Waals surface area contributed by atoms with Gasteiger partial charge >= 0.3 is 0 Å². The highest BCUT2D eigenvalue weighted by Crippen LogP contribution is 2.31. The first kappa shape index (κ1) is 16.2. The van der Waals surface area contributed by atoms with Crippen molar-refractivity contribution in [1.82, 2.24) is 0 Å². The molecule has 108 valence electrons. The number of hydrogen-bond acceptors (Lipinski definition) is 4. The van der Waals surface area contributed by atoms with Gasteiger partial charge in [0.1, 0.15) is 0 Å². The van der Waals surface area contributed by atoms with Crippen molar-refractivity contribution in [3.05, 3.63) is 0 Å². The van der Waals surface area contributed by atoms with Crippen LogP contribution in [0.25, 0.3) is 0 Å². The highest BCUT2D eigenvalue weighted by atomic mass is 35.7. The summed E-state index contributed by atoms with van der Waals surface area (Å²) in [6, 6.07) is 0. The monoisotopic (exact) mass is 298 g/mol. The van der Waals surface area contributed by atoms with Crippen molar-refractivity contribution >= 4 is 19.7 Å². The summed E-state index contributed by atoms with van der Waals surface area (Å²) >= 11 is 0. The molecule has 0 aliphatic carbocycles. The molecule has 4 nitrogen and oxygen atoms in total. The van der Waals surface area contributed by atoms with Gasteiger partial charge in [0.05, 0.1) is 18.5 Å². The van der Waals surface area contributed by atoms with Gasteiger partial charge in [0.2, 0.25) is 9.05 Å². The van der Waals surface area contributed by atoms with Gasteiger partial charge in [0.25, 0.3) is 0 Å². The Labute approximate surface area is 114 Å². The normalized spacial score (nSPS) is 19.1. The van der Waals surface area contributed by atoms with Gasteiger partial charge in [0.15, 0.2) is 0 Å². The maximum atomic E-state index is 11.3. The summed E-state index contributed by atoms with van der Waals surface area (Å²) in [4.78, 5) is 0. The third-order valence-corrected chi connectivity index (χ3v) is 5.06. The summed E-state index contributed by atoms with van der Waals surface area (Å²) in [5.74, 6) is -0.0161. The van der Waals surface area contributed by atoms with Gasteiger partial charge < -0.3 is 9.47 Å². The highest BCUT2D eigenvalue weighted by molar-refractivity contribution is 8.13. The minimum Gasteiger partial charge on any atom is -0.381 e. The quantitative estimate of drug-likeness (QED) is 0.678. The second-order valence-corrected chi connectivity index (χ2v) is 7.79. The van der Waals surface area contributed by atoms with Gasteiger partial charge in [-0.3, -0.25) is 0 Å². The van der Waals surface area contributed by atoms with Crippen LogP contribution in [-0.2, 0) is 18.5 Å². The summed E-state index contributed by atoms with van der Waals surface area (Å²) in [6.07, 6.45) is 3.46. The molecule has 6 heteroatoms. The zero-order valence-electron chi connectivity index (χ0n) is 11.2. The van der Waals surface area contributed by atoms with E-state index >= 15 is 0 Å². The van der Waals surface area contributed by atoms with Crippen LogP contribution >= 0.6 is 10.7 Å². The van der Waals surface area contributed by atoms with E-state index in [9.17, 15) is 8.42 Å². The lowest BCUT2D eigenvalue weighted by molar-refractivity contribution is -0.0596. The van der Waals surface area contributed by atoms with E-state index in [0.29, 0.717) is 6.61 Å². The molecule has 1 aliphatic heterocycles. The van der Waals surface area contributed by atoms with Crippen LogP contribution in [0.15, 0.2) is 0 Å². The Balaban J connectivity index is 2.55. The van der Waals surface area contributed by atoms with Crippen LogP contribution in [0, 0.1) is 5.41 Å². The number of rotatable bonds is 7. The molecule has 0 amide bonds. The standard InChI is InChI=1S/C12H23ClO4S/c1-3-12(4-2,10-18(13,14)15)9-17-11-5-7-16-8-6-11/h11H,3-10H2,1-2H3. The van der Waals surface area contributed by atoms with E-state index in [0.717, 1.165) is 38.9 Å². The molecule has 0 aromatic carbocycles. The summed E-state index contributed by atoms with van der Waals surface area (Å²) in [5.41, 5.74) is -0.362. The fourth-order valence-electron chi connectivity index (χ4n) is 2.20. The summed E-state index contributed by atoms with van der Waals surface area (Å²) in [7, 11) is 1.90. The van der Waals surface area contributed by atoms with Crippen LogP contribution in [-0.4, -0.2) is 40.1 Å². The zero-order chi connectivity index (χ0) is 13.6. The molecule has 0 unspecified atom stereocenters. The Kier molecular flexibility index (Phi) is 6.38. The topological polar surface area (TPSA) is 52.6 Å². The smallest absolute Gasteiger partial charge is 0.233 e. The third kappa shape index (κ3) is 5.43. The van der Waals surface area contributed by atoms with Gasteiger partial charge in [-0.1, -0.05) is 13.8 Å². The van der Waals surface area contributed by atoms with E-state index in [1.54, 1.807) is 0 Å². The summed E-state index contributed by atoms with van der Waals surface area (Å²) in [5, 5.41) is 0. The minimum absolute atomic E-state index is 0.0161. The van der Waals surface area contributed by atoms with Crippen molar-refractivity contribution < 1.29 is 17.9 Å². The van der Waals surface area contributed by atoms with Crippen LogP contribution in [0.4, 0.5) is 0 Å². The van der Waals surface area contributed by atoms with Gasteiger partial charge in [-0.2, -0.15) is 0 Å². The molecule has 1 fully saturated rings. The van der Waals surface area contributed by atoms with E-state index in [1.807, 2.05) is 13.8 Å². The first-order valence-electron chi connectivity index (χ1n) is 6.52.